The first kappa shape index (κ1) is 17.8. The van der Waals surface area contributed by atoms with Gasteiger partial charge in [0.1, 0.15) is 13.2 Å². The average molecular weight is 369 g/mol. The standard InChI is InChI=1S/C21H27N3O3/c1-3-16(15-8-9-19-20(14-15)27-13-12-26-19)22-21(25)24-11-5-7-18(24)17-6-4-10-23(17)2/h4,6,8-10,14,16,18H,3,5,7,11-13H2,1-2H3,(H,22,25)/t16-,18-/m0/s1. The third-order valence-corrected chi connectivity index (χ3v) is 5.51. The van der Waals surface area contributed by atoms with Crippen molar-refractivity contribution >= 4 is 6.03 Å². The Morgan fingerprint density at radius 2 is 2.07 bits per heavy atom. The molecule has 0 bridgehead atoms. The molecule has 0 spiro atoms. The molecule has 0 aliphatic carbocycles. The minimum Gasteiger partial charge on any atom is -0.486 e. The fourth-order valence-corrected chi connectivity index (χ4v) is 4.07. The summed E-state index contributed by atoms with van der Waals surface area (Å²) in [4.78, 5) is 15.0. The number of rotatable bonds is 4. The van der Waals surface area contributed by atoms with Gasteiger partial charge >= 0.3 is 6.03 Å². The molecular weight excluding hydrogens is 342 g/mol. The van der Waals surface area contributed by atoms with Gasteiger partial charge in [0.25, 0.3) is 0 Å². The molecule has 1 fully saturated rings. The molecule has 144 valence electrons. The lowest BCUT2D eigenvalue weighted by atomic mass is 10.0. The predicted molar refractivity (Wildman–Crippen MR) is 103 cm³/mol. The smallest absolute Gasteiger partial charge is 0.318 e. The quantitative estimate of drug-likeness (QED) is 0.892. The van der Waals surface area contributed by atoms with Gasteiger partial charge in [0.05, 0.1) is 12.1 Å². The molecule has 4 rings (SSSR count). The van der Waals surface area contributed by atoms with Crippen molar-refractivity contribution in [2.45, 2.75) is 38.3 Å². The number of fused-ring (bicyclic) bond motifs is 1. The SMILES string of the molecule is CC[C@H](NC(=O)N1CCC[C@H]1c1cccn1C)c1ccc2c(c1)OCCO2. The molecule has 6 nitrogen and oxygen atoms in total. The second-order valence-corrected chi connectivity index (χ2v) is 7.21. The first-order chi connectivity index (χ1) is 13.2. The second kappa shape index (κ2) is 7.55. The molecule has 0 saturated carbocycles. The summed E-state index contributed by atoms with van der Waals surface area (Å²) in [6.07, 6.45) is 4.89. The Kier molecular flexibility index (Phi) is 4.97. The summed E-state index contributed by atoms with van der Waals surface area (Å²) in [6.45, 7) is 4.02. The van der Waals surface area contributed by atoms with Gasteiger partial charge in [-0.1, -0.05) is 13.0 Å². The maximum absolute atomic E-state index is 13.0. The average Bonchev–Trinajstić information content (AvgIpc) is 3.34. The van der Waals surface area contributed by atoms with E-state index in [-0.39, 0.29) is 18.1 Å². The highest BCUT2D eigenvalue weighted by Gasteiger charge is 2.32. The molecule has 1 saturated heterocycles. The van der Waals surface area contributed by atoms with Gasteiger partial charge < -0.3 is 24.3 Å². The van der Waals surface area contributed by atoms with Crippen LogP contribution in [0.3, 0.4) is 0 Å². The van der Waals surface area contributed by atoms with E-state index in [0.29, 0.717) is 13.2 Å². The van der Waals surface area contributed by atoms with Gasteiger partial charge in [-0.05, 0) is 49.1 Å². The normalized spacial score (nSPS) is 19.8. The number of amides is 2. The molecule has 2 aliphatic rings. The highest BCUT2D eigenvalue weighted by molar-refractivity contribution is 5.75. The first-order valence-electron chi connectivity index (χ1n) is 9.75. The third kappa shape index (κ3) is 3.48. The molecule has 0 unspecified atom stereocenters. The summed E-state index contributed by atoms with van der Waals surface area (Å²) >= 11 is 0. The Labute approximate surface area is 160 Å². The topological polar surface area (TPSA) is 55.7 Å². The highest BCUT2D eigenvalue weighted by atomic mass is 16.6. The zero-order chi connectivity index (χ0) is 18.8. The van der Waals surface area contributed by atoms with E-state index in [0.717, 1.165) is 42.9 Å². The Hall–Kier alpha value is -2.63. The van der Waals surface area contributed by atoms with Gasteiger partial charge in [-0.3, -0.25) is 0 Å². The number of aromatic nitrogens is 1. The number of likely N-dealkylation sites (tertiary alicyclic amines) is 1. The molecular formula is C21H27N3O3. The van der Waals surface area contributed by atoms with Gasteiger partial charge in [-0.25, -0.2) is 4.79 Å². The number of nitrogens with zero attached hydrogens (tertiary/aromatic N) is 2. The van der Waals surface area contributed by atoms with Crippen LogP contribution >= 0.6 is 0 Å². The van der Waals surface area contributed by atoms with Crippen LogP contribution in [0.2, 0.25) is 0 Å². The van der Waals surface area contributed by atoms with Crippen LogP contribution in [-0.2, 0) is 7.05 Å². The van der Waals surface area contributed by atoms with Gasteiger partial charge in [0.15, 0.2) is 11.5 Å². The molecule has 2 atom stereocenters. The second-order valence-electron chi connectivity index (χ2n) is 7.21. The van der Waals surface area contributed by atoms with Crippen LogP contribution in [0, 0.1) is 0 Å². The van der Waals surface area contributed by atoms with Crippen LogP contribution in [-0.4, -0.2) is 35.3 Å². The van der Waals surface area contributed by atoms with Crippen LogP contribution in [0.15, 0.2) is 36.5 Å². The lowest BCUT2D eigenvalue weighted by Gasteiger charge is -2.28. The molecule has 1 aromatic carbocycles. The minimum atomic E-state index is -0.0528. The number of benzene rings is 1. The summed E-state index contributed by atoms with van der Waals surface area (Å²) in [5.74, 6) is 1.53. The van der Waals surface area contributed by atoms with Crippen LogP contribution in [0.5, 0.6) is 11.5 Å². The zero-order valence-electron chi connectivity index (χ0n) is 16.0. The summed E-state index contributed by atoms with van der Waals surface area (Å²) in [5.41, 5.74) is 2.24. The molecule has 6 heteroatoms. The van der Waals surface area contributed by atoms with Crippen molar-refractivity contribution in [3.8, 4) is 11.5 Å². The molecule has 1 N–H and O–H groups in total. The zero-order valence-corrected chi connectivity index (χ0v) is 16.0. The number of urea groups is 1. The fraction of sp³-hybridized carbons (Fsp3) is 0.476. The molecule has 2 amide bonds. The van der Waals surface area contributed by atoms with Gasteiger partial charge in [-0.2, -0.15) is 0 Å². The van der Waals surface area contributed by atoms with Crippen molar-refractivity contribution in [2.24, 2.45) is 7.05 Å². The van der Waals surface area contributed by atoms with Crippen molar-refractivity contribution in [1.82, 2.24) is 14.8 Å². The number of hydrogen-bond donors (Lipinski definition) is 1. The number of hydrogen-bond acceptors (Lipinski definition) is 3. The summed E-state index contributed by atoms with van der Waals surface area (Å²) < 4.78 is 13.4. The number of aryl methyl sites for hydroxylation is 1. The van der Waals surface area contributed by atoms with E-state index < -0.39 is 0 Å². The van der Waals surface area contributed by atoms with E-state index in [2.05, 4.69) is 22.9 Å². The van der Waals surface area contributed by atoms with E-state index in [9.17, 15) is 4.79 Å². The van der Waals surface area contributed by atoms with Crippen LogP contribution in [0.4, 0.5) is 4.79 Å². The van der Waals surface area contributed by atoms with Crippen molar-refractivity contribution < 1.29 is 14.3 Å². The maximum atomic E-state index is 13.0. The molecule has 1 aromatic heterocycles. The van der Waals surface area contributed by atoms with E-state index in [1.54, 1.807) is 0 Å². The summed E-state index contributed by atoms with van der Waals surface area (Å²) in [7, 11) is 2.04. The largest absolute Gasteiger partial charge is 0.486 e. The van der Waals surface area contributed by atoms with Crippen molar-refractivity contribution in [1.29, 1.82) is 0 Å². The molecule has 3 heterocycles. The Bertz CT molecular complexity index is 817. The number of ether oxygens (including phenoxy) is 2. The maximum Gasteiger partial charge on any atom is 0.318 e. The molecule has 2 aliphatic heterocycles. The number of carbonyl (C=O) groups excluding carboxylic acids is 1. The van der Waals surface area contributed by atoms with Gasteiger partial charge in [-0.15, -0.1) is 0 Å². The molecule has 2 aromatic rings. The Morgan fingerprint density at radius 1 is 1.26 bits per heavy atom. The lowest BCUT2D eigenvalue weighted by molar-refractivity contribution is 0.171. The van der Waals surface area contributed by atoms with E-state index in [1.807, 2.05) is 42.4 Å². The Balaban J connectivity index is 1.49. The van der Waals surface area contributed by atoms with Crippen molar-refractivity contribution in [3.63, 3.8) is 0 Å². The Morgan fingerprint density at radius 3 is 2.81 bits per heavy atom. The van der Waals surface area contributed by atoms with Gasteiger partial charge in [0, 0.05) is 25.5 Å². The summed E-state index contributed by atoms with van der Waals surface area (Å²) in [6, 6.07) is 10.2. The minimum absolute atomic E-state index is 0.000407. The van der Waals surface area contributed by atoms with E-state index in [4.69, 9.17) is 9.47 Å². The number of nitrogens with one attached hydrogen (secondary N) is 1. The van der Waals surface area contributed by atoms with E-state index >= 15 is 0 Å². The first-order valence-corrected chi connectivity index (χ1v) is 9.75. The van der Waals surface area contributed by atoms with Crippen LogP contribution in [0.25, 0.3) is 0 Å². The van der Waals surface area contributed by atoms with Crippen molar-refractivity contribution in [2.75, 3.05) is 19.8 Å². The van der Waals surface area contributed by atoms with Crippen LogP contribution in [0.1, 0.15) is 49.5 Å². The molecule has 0 radical (unpaired) electrons. The van der Waals surface area contributed by atoms with Crippen molar-refractivity contribution in [3.05, 3.63) is 47.8 Å². The van der Waals surface area contributed by atoms with Crippen LogP contribution < -0.4 is 14.8 Å². The monoisotopic (exact) mass is 369 g/mol. The molecule has 27 heavy (non-hydrogen) atoms. The lowest BCUT2D eigenvalue weighted by Crippen LogP contribution is -2.41. The fourth-order valence-electron chi connectivity index (χ4n) is 4.07. The predicted octanol–water partition coefficient (Wildman–Crippen LogP) is 3.79. The summed E-state index contributed by atoms with van der Waals surface area (Å²) in [5, 5.41) is 3.22. The highest BCUT2D eigenvalue weighted by Crippen LogP contribution is 2.35. The van der Waals surface area contributed by atoms with E-state index in [1.165, 1.54) is 5.69 Å². The third-order valence-electron chi connectivity index (χ3n) is 5.51. The van der Waals surface area contributed by atoms with Gasteiger partial charge in [0.2, 0.25) is 0 Å². The number of carbonyl (C=O) groups is 1.